The van der Waals surface area contributed by atoms with Gasteiger partial charge in [-0.1, -0.05) is 32.4 Å². The van der Waals surface area contributed by atoms with E-state index in [0.29, 0.717) is 13.2 Å². The number of rotatable bonds is 5. The van der Waals surface area contributed by atoms with Crippen LogP contribution in [-0.2, 0) is 4.43 Å². The number of hydrogen-bond acceptors (Lipinski definition) is 3. The third-order valence-corrected chi connectivity index (χ3v) is 8.22. The predicted molar refractivity (Wildman–Crippen MR) is 77.8 cm³/mol. The highest BCUT2D eigenvalue weighted by Crippen LogP contribution is 2.36. The maximum Gasteiger partial charge on any atom is 0.202 e. The molecular formula is C13H21ClFNO2Si. The molecule has 0 atom stereocenters. The molecule has 0 unspecified atom stereocenters. The summed E-state index contributed by atoms with van der Waals surface area (Å²) in [6.45, 7) is 11.6. The molecule has 1 aromatic rings. The monoisotopic (exact) mass is 305 g/mol. The molecule has 0 aromatic carbocycles. The van der Waals surface area contributed by atoms with E-state index in [4.69, 9.17) is 20.8 Å². The van der Waals surface area contributed by atoms with Gasteiger partial charge in [0, 0.05) is 12.3 Å². The molecule has 1 heterocycles. The van der Waals surface area contributed by atoms with Crippen molar-refractivity contribution in [1.29, 1.82) is 0 Å². The largest absolute Gasteiger partial charge is 0.488 e. The maximum atomic E-state index is 13.5. The average Bonchev–Trinajstić information content (AvgIpc) is 2.28. The molecule has 0 saturated heterocycles. The van der Waals surface area contributed by atoms with E-state index in [2.05, 4.69) is 38.8 Å². The molecule has 0 aliphatic heterocycles. The zero-order chi connectivity index (χ0) is 14.7. The summed E-state index contributed by atoms with van der Waals surface area (Å²) in [5, 5.41) is -0.0269. The lowest BCUT2D eigenvalue weighted by atomic mass is 10.2. The van der Waals surface area contributed by atoms with E-state index in [1.54, 1.807) is 0 Å². The Balaban J connectivity index is 2.46. The Kier molecular flexibility index (Phi) is 5.35. The first-order chi connectivity index (χ1) is 8.65. The van der Waals surface area contributed by atoms with Crippen molar-refractivity contribution in [3.05, 3.63) is 23.2 Å². The van der Waals surface area contributed by atoms with Crippen molar-refractivity contribution in [2.75, 3.05) is 13.2 Å². The summed E-state index contributed by atoms with van der Waals surface area (Å²) < 4.78 is 24.8. The van der Waals surface area contributed by atoms with Gasteiger partial charge in [-0.2, -0.15) is 4.39 Å². The lowest BCUT2D eigenvalue weighted by Crippen LogP contribution is -2.41. The smallest absolute Gasteiger partial charge is 0.202 e. The molecule has 0 spiro atoms. The summed E-state index contributed by atoms with van der Waals surface area (Å²) in [7, 11) is -1.78. The van der Waals surface area contributed by atoms with E-state index in [0.717, 1.165) is 0 Å². The van der Waals surface area contributed by atoms with Crippen LogP contribution in [0.2, 0.25) is 23.3 Å². The fourth-order valence-corrected chi connectivity index (χ4v) is 2.35. The minimum Gasteiger partial charge on any atom is -0.488 e. The molecule has 108 valence electrons. The summed E-state index contributed by atoms with van der Waals surface area (Å²) >= 11 is 5.57. The molecule has 0 N–H and O–H groups in total. The van der Waals surface area contributed by atoms with Crippen LogP contribution >= 0.6 is 11.6 Å². The maximum absolute atomic E-state index is 13.5. The van der Waals surface area contributed by atoms with E-state index in [1.165, 1.54) is 12.3 Å². The molecule has 0 aliphatic rings. The third-order valence-electron chi connectivity index (χ3n) is 3.42. The molecule has 1 aromatic heterocycles. The lowest BCUT2D eigenvalue weighted by molar-refractivity contribution is 0.198. The summed E-state index contributed by atoms with van der Waals surface area (Å²) in [6, 6.07) is 1.45. The second kappa shape index (κ2) is 6.20. The lowest BCUT2D eigenvalue weighted by Gasteiger charge is -2.36. The van der Waals surface area contributed by atoms with Crippen LogP contribution in [0.15, 0.2) is 12.3 Å². The van der Waals surface area contributed by atoms with Gasteiger partial charge in [-0.3, -0.25) is 0 Å². The first kappa shape index (κ1) is 16.4. The predicted octanol–water partition coefficient (Wildman–Crippen LogP) is 4.27. The molecule has 19 heavy (non-hydrogen) atoms. The molecule has 0 radical (unpaired) electrons. The molecule has 6 heteroatoms. The second-order valence-electron chi connectivity index (χ2n) is 5.87. The van der Waals surface area contributed by atoms with Crippen molar-refractivity contribution < 1.29 is 13.6 Å². The van der Waals surface area contributed by atoms with Crippen molar-refractivity contribution in [1.82, 2.24) is 4.98 Å². The van der Waals surface area contributed by atoms with E-state index in [-0.39, 0.29) is 15.9 Å². The average molecular weight is 306 g/mol. The van der Waals surface area contributed by atoms with Crippen LogP contribution in [0.4, 0.5) is 4.39 Å². The van der Waals surface area contributed by atoms with Gasteiger partial charge in [-0.05, 0) is 18.1 Å². The number of hydrogen-bond donors (Lipinski definition) is 0. The van der Waals surface area contributed by atoms with Crippen molar-refractivity contribution in [3.8, 4) is 5.75 Å². The Hall–Kier alpha value is -0.653. The third kappa shape index (κ3) is 4.44. The zero-order valence-corrected chi connectivity index (χ0v) is 13.8. The van der Waals surface area contributed by atoms with Crippen molar-refractivity contribution >= 4 is 19.9 Å². The second-order valence-corrected chi connectivity index (χ2v) is 11.0. The minimum absolute atomic E-state index is 0.110. The molecule has 1 rings (SSSR count). The van der Waals surface area contributed by atoms with Crippen LogP contribution in [0.3, 0.4) is 0 Å². The molecule has 0 bridgehead atoms. The van der Waals surface area contributed by atoms with Crippen LogP contribution in [0.25, 0.3) is 0 Å². The molecule has 0 fully saturated rings. The Morgan fingerprint density at radius 1 is 1.32 bits per heavy atom. The highest BCUT2D eigenvalue weighted by Gasteiger charge is 2.36. The van der Waals surface area contributed by atoms with Crippen molar-refractivity contribution in [3.63, 3.8) is 0 Å². The van der Waals surface area contributed by atoms with Crippen molar-refractivity contribution in [2.45, 2.75) is 38.9 Å². The van der Waals surface area contributed by atoms with Gasteiger partial charge in [0.15, 0.2) is 19.2 Å². The number of halogens is 2. The van der Waals surface area contributed by atoms with Gasteiger partial charge in [-0.15, -0.1) is 0 Å². The number of aromatic nitrogens is 1. The number of ether oxygens (including phenoxy) is 1. The zero-order valence-electron chi connectivity index (χ0n) is 12.1. The van der Waals surface area contributed by atoms with E-state index in [9.17, 15) is 4.39 Å². The summed E-state index contributed by atoms with van der Waals surface area (Å²) in [5.74, 6) is -0.518. The Morgan fingerprint density at radius 3 is 2.53 bits per heavy atom. The van der Waals surface area contributed by atoms with Gasteiger partial charge >= 0.3 is 0 Å². The topological polar surface area (TPSA) is 31.4 Å². The van der Waals surface area contributed by atoms with Crippen LogP contribution in [0, 0.1) is 5.82 Å². The summed E-state index contributed by atoms with van der Waals surface area (Å²) in [5.41, 5.74) is 0. The highest BCUT2D eigenvalue weighted by atomic mass is 35.5. The quantitative estimate of drug-likeness (QED) is 0.462. The minimum atomic E-state index is -1.78. The standard InChI is InChI=1S/C13H21ClFNO2Si/c1-13(2,3)19(4,5)18-9-8-17-10-6-7-16-12(14)11(10)15/h6-7H,8-9H2,1-5H3. The van der Waals surface area contributed by atoms with Crippen molar-refractivity contribution in [2.24, 2.45) is 0 Å². The molecule has 0 amide bonds. The fraction of sp³-hybridized carbons (Fsp3) is 0.615. The molecule has 0 saturated carbocycles. The van der Waals surface area contributed by atoms with Crippen LogP contribution in [-0.4, -0.2) is 26.5 Å². The van der Waals surface area contributed by atoms with E-state index in [1.807, 2.05) is 0 Å². The van der Waals surface area contributed by atoms with Gasteiger partial charge in [0.2, 0.25) is 5.82 Å². The number of nitrogens with zero attached hydrogens (tertiary/aromatic N) is 1. The van der Waals surface area contributed by atoms with Gasteiger partial charge in [0.1, 0.15) is 6.61 Å². The Bertz CT molecular complexity index is 435. The molecular weight excluding hydrogens is 285 g/mol. The van der Waals surface area contributed by atoms with Crippen LogP contribution in [0.1, 0.15) is 20.8 Å². The van der Waals surface area contributed by atoms with Gasteiger partial charge in [0.05, 0.1) is 6.61 Å². The van der Waals surface area contributed by atoms with Gasteiger partial charge < -0.3 is 9.16 Å². The molecule has 0 aliphatic carbocycles. The Labute approximate surface area is 120 Å². The van der Waals surface area contributed by atoms with E-state index < -0.39 is 14.1 Å². The fourth-order valence-electron chi connectivity index (χ4n) is 1.18. The van der Waals surface area contributed by atoms with Gasteiger partial charge in [-0.25, -0.2) is 4.98 Å². The van der Waals surface area contributed by atoms with E-state index >= 15 is 0 Å². The summed E-state index contributed by atoms with van der Waals surface area (Å²) in [4.78, 5) is 3.63. The number of pyridine rings is 1. The SMILES string of the molecule is CC(C)(C)[Si](C)(C)OCCOc1ccnc(Cl)c1F. The van der Waals surface area contributed by atoms with Gasteiger partial charge in [0.25, 0.3) is 0 Å². The van der Waals surface area contributed by atoms with Crippen LogP contribution in [0.5, 0.6) is 5.75 Å². The Morgan fingerprint density at radius 2 is 1.95 bits per heavy atom. The first-order valence-corrected chi connectivity index (χ1v) is 9.50. The summed E-state index contributed by atoms with van der Waals surface area (Å²) in [6.07, 6.45) is 1.41. The normalized spacial score (nSPS) is 12.6. The molecule has 3 nitrogen and oxygen atoms in total. The first-order valence-electron chi connectivity index (χ1n) is 6.22. The van der Waals surface area contributed by atoms with Crippen LogP contribution < -0.4 is 4.74 Å². The highest BCUT2D eigenvalue weighted by molar-refractivity contribution is 6.74.